The Kier molecular flexibility index (Phi) is 10.8. The molecule has 2 aliphatic heterocycles. The quantitative estimate of drug-likeness (QED) is 0.187. The summed E-state index contributed by atoms with van der Waals surface area (Å²) in [5.74, 6) is -0.713. The predicted molar refractivity (Wildman–Crippen MR) is 208 cm³/mol. The van der Waals surface area contributed by atoms with Crippen LogP contribution in [0.15, 0.2) is 116 Å². The van der Waals surface area contributed by atoms with Gasteiger partial charge in [0.1, 0.15) is 18.0 Å². The summed E-state index contributed by atoms with van der Waals surface area (Å²) in [4.78, 5) is 66.1. The van der Waals surface area contributed by atoms with Crippen molar-refractivity contribution in [3.8, 4) is 5.75 Å². The van der Waals surface area contributed by atoms with E-state index in [0.29, 0.717) is 18.5 Å². The number of aryl methyl sites for hydroxylation is 2. The van der Waals surface area contributed by atoms with E-state index in [2.05, 4.69) is 11.6 Å². The molecule has 2 atom stereocenters. The number of aromatic nitrogens is 2. The maximum Gasteiger partial charge on any atom is 0.256 e. The number of amides is 4. The number of hydrogen-bond donors (Lipinski definition) is 1. The van der Waals surface area contributed by atoms with Crippen LogP contribution in [0.2, 0.25) is 0 Å². The first-order chi connectivity index (χ1) is 26.6. The van der Waals surface area contributed by atoms with Crippen LogP contribution >= 0.6 is 0 Å². The second-order valence-corrected chi connectivity index (χ2v) is 14.2. The summed E-state index contributed by atoms with van der Waals surface area (Å²) < 4.78 is 1.91. The fraction of sp³-hybridized carbons (Fsp3) is 0.279. The Morgan fingerprint density at radius 3 is 2.45 bits per heavy atom. The average Bonchev–Trinajstić information content (AvgIpc) is 3.53. The molecular formula is C43H45N7O5. The molecule has 5 aromatic rings. The largest absolute Gasteiger partial charge is 0.508 e. The van der Waals surface area contributed by atoms with Gasteiger partial charge in [-0.3, -0.25) is 24.2 Å². The summed E-state index contributed by atoms with van der Waals surface area (Å²) in [5.41, 5.74) is 4.74. The molecule has 0 bridgehead atoms. The van der Waals surface area contributed by atoms with Crippen molar-refractivity contribution in [3.63, 3.8) is 0 Å². The number of fused-ring (bicyclic) bond motifs is 2. The van der Waals surface area contributed by atoms with Gasteiger partial charge in [0, 0.05) is 57.8 Å². The molecule has 12 nitrogen and oxygen atoms in total. The molecule has 2 fully saturated rings. The van der Waals surface area contributed by atoms with Crippen LogP contribution in [0.3, 0.4) is 0 Å². The number of carbonyl (C=O) groups excluding carboxylic acids is 4. The number of para-hydroxylation sites is 1. The van der Waals surface area contributed by atoms with E-state index >= 15 is 0 Å². The number of benzene rings is 3. The Labute approximate surface area is 320 Å². The van der Waals surface area contributed by atoms with E-state index in [1.807, 2.05) is 84.5 Å². The summed E-state index contributed by atoms with van der Waals surface area (Å²) in [5, 5.41) is 14.1. The minimum absolute atomic E-state index is 0.0762. The highest BCUT2D eigenvalue weighted by atomic mass is 16.3. The summed E-state index contributed by atoms with van der Waals surface area (Å²) in [6, 6.07) is 26.8. The van der Waals surface area contributed by atoms with Crippen LogP contribution in [0.1, 0.15) is 39.2 Å². The van der Waals surface area contributed by atoms with Crippen molar-refractivity contribution in [2.24, 2.45) is 7.05 Å². The lowest BCUT2D eigenvalue weighted by molar-refractivity contribution is -0.205. The van der Waals surface area contributed by atoms with Crippen molar-refractivity contribution < 1.29 is 24.3 Å². The van der Waals surface area contributed by atoms with Crippen molar-refractivity contribution in [1.82, 2.24) is 34.3 Å². The first-order valence-electron chi connectivity index (χ1n) is 18.4. The highest BCUT2D eigenvalue weighted by Gasteiger charge is 2.51. The molecule has 55 heavy (non-hydrogen) atoms. The van der Waals surface area contributed by atoms with E-state index in [1.54, 1.807) is 68.3 Å². The third-order valence-electron chi connectivity index (χ3n) is 10.4. The topological polar surface area (TPSA) is 123 Å². The van der Waals surface area contributed by atoms with Crippen LogP contribution < -0.4 is 0 Å². The number of aromatic hydroxyl groups is 1. The molecule has 4 amide bonds. The molecule has 3 aromatic carbocycles. The van der Waals surface area contributed by atoms with Gasteiger partial charge in [0.15, 0.2) is 0 Å². The molecular weight excluding hydrogens is 695 g/mol. The van der Waals surface area contributed by atoms with Gasteiger partial charge >= 0.3 is 0 Å². The molecule has 12 heteroatoms. The zero-order valence-corrected chi connectivity index (χ0v) is 31.1. The van der Waals surface area contributed by atoms with Gasteiger partial charge in [-0.1, -0.05) is 72.8 Å². The predicted octanol–water partition coefficient (Wildman–Crippen LogP) is 4.54. The van der Waals surface area contributed by atoms with Crippen molar-refractivity contribution in [2.75, 3.05) is 26.7 Å². The second kappa shape index (κ2) is 16.0. The van der Waals surface area contributed by atoms with E-state index in [0.717, 1.165) is 33.3 Å². The van der Waals surface area contributed by atoms with Gasteiger partial charge in [-0.05, 0) is 47.4 Å². The van der Waals surface area contributed by atoms with Gasteiger partial charge in [0.05, 0.1) is 36.4 Å². The highest BCUT2D eigenvalue weighted by Crippen LogP contribution is 2.32. The maximum atomic E-state index is 14.7. The molecule has 0 aliphatic carbocycles. The third-order valence-corrected chi connectivity index (χ3v) is 10.4. The molecule has 0 saturated carbocycles. The molecule has 0 unspecified atom stereocenters. The van der Waals surface area contributed by atoms with Crippen LogP contribution in [-0.4, -0.2) is 102 Å². The number of rotatable bonds is 12. The standard InChI is InChI=1S/C43H45N7O5/c1-4-23-48-29-40(53)49-37(24-31-16-19-34(51)20-17-31)43(55)47(28-38(49)50(48)39(52)21-18-30-11-6-5-7-12-30)25-32-13-10-15-35-36(27-45(2)41(32)35)42(54)46(3)26-33-14-8-9-22-44-33/h4-17,19-20,22,27,37-38,51H,1,18,21,23-26,28-29H2,2-3H3/t37-,38-/m0/s1. The van der Waals surface area contributed by atoms with Crippen LogP contribution in [0.5, 0.6) is 5.75 Å². The monoisotopic (exact) mass is 739 g/mol. The van der Waals surface area contributed by atoms with E-state index < -0.39 is 12.2 Å². The van der Waals surface area contributed by atoms with Gasteiger partial charge < -0.3 is 24.4 Å². The molecule has 282 valence electrons. The highest BCUT2D eigenvalue weighted by molar-refractivity contribution is 6.07. The number of piperazine rings is 1. The lowest BCUT2D eigenvalue weighted by Gasteiger charge is -2.55. The average molecular weight is 740 g/mol. The van der Waals surface area contributed by atoms with Crippen LogP contribution in [0.4, 0.5) is 0 Å². The lowest BCUT2D eigenvalue weighted by atomic mass is 9.97. The molecule has 7 rings (SSSR count). The van der Waals surface area contributed by atoms with Gasteiger partial charge in [-0.15, -0.1) is 6.58 Å². The summed E-state index contributed by atoms with van der Waals surface area (Å²) in [6.45, 7) is 4.71. The molecule has 2 aromatic heterocycles. The SMILES string of the molecule is C=CCN1CC(=O)N2[C@@H](Cc3ccc(O)cc3)C(=O)N(Cc3cccc4c(C(=O)N(C)Cc5ccccn5)cn(C)c34)C[C@@H]2N1C(=O)CCc1ccccc1. The number of hydrogen-bond acceptors (Lipinski definition) is 7. The first kappa shape index (κ1) is 37.1. The van der Waals surface area contributed by atoms with Crippen LogP contribution in [-0.2, 0) is 47.4 Å². The number of nitrogens with zero attached hydrogens (tertiary/aromatic N) is 7. The van der Waals surface area contributed by atoms with Gasteiger partial charge in [-0.2, -0.15) is 0 Å². The third kappa shape index (κ3) is 7.72. The molecule has 0 radical (unpaired) electrons. The number of phenols is 1. The van der Waals surface area contributed by atoms with E-state index in [1.165, 1.54) is 0 Å². The lowest BCUT2D eigenvalue weighted by Crippen LogP contribution is -2.75. The zero-order chi connectivity index (χ0) is 38.6. The fourth-order valence-electron chi connectivity index (χ4n) is 7.84. The molecule has 2 aliphatic rings. The Morgan fingerprint density at radius 1 is 0.964 bits per heavy atom. The smallest absolute Gasteiger partial charge is 0.256 e. The number of carbonyl (C=O) groups is 4. The molecule has 2 saturated heterocycles. The zero-order valence-electron chi connectivity index (χ0n) is 31.1. The van der Waals surface area contributed by atoms with Gasteiger partial charge in [0.2, 0.25) is 17.7 Å². The Hall–Kier alpha value is -6.27. The first-order valence-corrected chi connectivity index (χ1v) is 18.4. The summed E-state index contributed by atoms with van der Waals surface area (Å²) in [6.07, 6.45) is 5.35. The number of hydrazine groups is 1. The number of pyridine rings is 1. The normalized spacial score (nSPS) is 17.4. The van der Waals surface area contributed by atoms with Gasteiger partial charge in [0.25, 0.3) is 5.91 Å². The Balaban J connectivity index is 1.23. The van der Waals surface area contributed by atoms with Crippen molar-refractivity contribution in [2.45, 2.75) is 44.6 Å². The van der Waals surface area contributed by atoms with E-state index in [4.69, 9.17) is 0 Å². The Morgan fingerprint density at radius 2 is 1.73 bits per heavy atom. The minimum atomic E-state index is -0.906. The van der Waals surface area contributed by atoms with E-state index in [-0.39, 0.29) is 68.4 Å². The van der Waals surface area contributed by atoms with Crippen molar-refractivity contribution in [1.29, 1.82) is 0 Å². The molecule has 0 spiro atoms. The fourth-order valence-corrected chi connectivity index (χ4v) is 7.84. The Bertz CT molecular complexity index is 2210. The second-order valence-electron chi connectivity index (χ2n) is 14.2. The van der Waals surface area contributed by atoms with Crippen LogP contribution in [0, 0.1) is 0 Å². The maximum absolute atomic E-state index is 14.7. The molecule has 4 heterocycles. The summed E-state index contributed by atoms with van der Waals surface area (Å²) >= 11 is 0. The van der Waals surface area contributed by atoms with Crippen molar-refractivity contribution in [3.05, 3.63) is 144 Å². The number of phenolic OH excluding ortho intramolecular Hbond substituents is 1. The van der Waals surface area contributed by atoms with Crippen LogP contribution in [0.25, 0.3) is 10.9 Å². The molecule has 1 N–H and O–H groups in total. The van der Waals surface area contributed by atoms with Crippen molar-refractivity contribution >= 4 is 34.5 Å². The summed E-state index contributed by atoms with van der Waals surface area (Å²) in [7, 11) is 3.63. The minimum Gasteiger partial charge on any atom is -0.508 e. The van der Waals surface area contributed by atoms with E-state index in [9.17, 15) is 24.3 Å². The van der Waals surface area contributed by atoms with Gasteiger partial charge in [-0.25, -0.2) is 10.0 Å².